The van der Waals surface area contributed by atoms with Crippen LogP contribution in [0.25, 0.3) is 0 Å². The summed E-state index contributed by atoms with van der Waals surface area (Å²) >= 11 is 3.11. The van der Waals surface area contributed by atoms with Crippen molar-refractivity contribution in [1.82, 2.24) is 9.71 Å². The van der Waals surface area contributed by atoms with Gasteiger partial charge in [0.1, 0.15) is 10.9 Å². The summed E-state index contributed by atoms with van der Waals surface area (Å²) in [6.45, 7) is 3.25. The first-order valence-corrected chi connectivity index (χ1v) is 7.37. The third-order valence-corrected chi connectivity index (χ3v) is 4.05. The van der Waals surface area contributed by atoms with Gasteiger partial charge >= 0.3 is 5.97 Å². The van der Waals surface area contributed by atoms with Crippen LogP contribution in [0.4, 0.5) is 0 Å². The molecule has 0 unspecified atom stereocenters. The number of aliphatic carboxylic acids is 1. The molecular weight excluding hydrogens is 324 g/mol. The van der Waals surface area contributed by atoms with Crippen LogP contribution in [0.3, 0.4) is 0 Å². The Hall–Kier alpha value is -0.990. The van der Waals surface area contributed by atoms with Crippen molar-refractivity contribution >= 4 is 31.9 Å². The van der Waals surface area contributed by atoms with Crippen LogP contribution in [-0.2, 0) is 14.8 Å². The van der Waals surface area contributed by atoms with Crippen LogP contribution in [-0.4, -0.2) is 30.5 Å². The van der Waals surface area contributed by atoms with Crippen LogP contribution in [0.1, 0.15) is 13.8 Å². The maximum absolute atomic E-state index is 12.0. The van der Waals surface area contributed by atoms with Gasteiger partial charge in [-0.2, -0.15) is 4.72 Å². The number of nitrogens with zero attached hydrogens (tertiary/aromatic N) is 1. The van der Waals surface area contributed by atoms with E-state index in [2.05, 4.69) is 25.6 Å². The predicted octanol–water partition coefficient (Wildman–Crippen LogP) is 1.23. The van der Waals surface area contributed by atoms with E-state index in [1.807, 2.05) is 0 Å². The quantitative estimate of drug-likeness (QED) is 0.842. The van der Waals surface area contributed by atoms with Crippen molar-refractivity contribution in [3.05, 3.63) is 22.9 Å². The van der Waals surface area contributed by atoms with Crippen LogP contribution in [0, 0.1) is 5.92 Å². The minimum absolute atomic E-state index is 0.0798. The van der Waals surface area contributed by atoms with E-state index in [0.717, 1.165) is 6.20 Å². The molecule has 1 aromatic heterocycles. The second-order valence-electron chi connectivity index (χ2n) is 4.02. The average Bonchev–Trinajstić information content (AvgIpc) is 2.25. The molecule has 0 aliphatic rings. The standard InChI is InChI=1S/C10H13BrN2O4S/c1-6(2)9(10(14)15)13-18(16,17)8-3-7(11)4-12-5-8/h3-6,9,13H,1-2H3,(H,14,15)/t9-/m1/s1. The third-order valence-electron chi connectivity index (χ3n) is 2.20. The van der Waals surface area contributed by atoms with E-state index in [9.17, 15) is 13.2 Å². The van der Waals surface area contributed by atoms with Gasteiger partial charge in [0.05, 0.1) is 0 Å². The van der Waals surface area contributed by atoms with Crippen LogP contribution in [0.5, 0.6) is 0 Å². The van der Waals surface area contributed by atoms with Gasteiger partial charge in [-0.15, -0.1) is 0 Å². The smallest absolute Gasteiger partial charge is 0.322 e. The lowest BCUT2D eigenvalue weighted by atomic mass is 10.1. The van der Waals surface area contributed by atoms with Gasteiger partial charge in [0.2, 0.25) is 10.0 Å². The lowest BCUT2D eigenvalue weighted by molar-refractivity contribution is -0.140. The van der Waals surface area contributed by atoms with Crippen LogP contribution < -0.4 is 4.72 Å². The van der Waals surface area contributed by atoms with Gasteiger partial charge in [-0.1, -0.05) is 13.8 Å². The molecule has 0 bridgehead atoms. The molecule has 0 saturated heterocycles. The summed E-state index contributed by atoms with van der Waals surface area (Å²) in [6, 6.07) is 0.183. The van der Waals surface area contributed by atoms with Gasteiger partial charge in [-0.3, -0.25) is 9.78 Å². The molecule has 1 atom stereocenters. The van der Waals surface area contributed by atoms with Gasteiger partial charge in [-0.05, 0) is 27.9 Å². The van der Waals surface area contributed by atoms with Crippen LogP contribution in [0.15, 0.2) is 27.8 Å². The Morgan fingerprint density at radius 2 is 2.06 bits per heavy atom. The molecule has 0 fully saturated rings. The highest BCUT2D eigenvalue weighted by Crippen LogP contribution is 2.15. The monoisotopic (exact) mass is 336 g/mol. The van der Waals surface area contributed by atoms with Crippen molar-refractivity contribution in [3.63, 3.8) is 0 Å². The van der Waals surface area contributed by atoms with E-state index in [1.165, 1.54) is 12.3 Å². The number of pyridine rings is 1. The van der Waals surface area contributed by atoms with E-state index < -0.39 is 22.0 Å². The maximum atomic E-state index is 12.0. The maximum Gasteiger partial charge on any atom is 0.322 e. The van der Waals surface area contributed by atoms with Gasteiger partial charge < -0.3 is 5.11 Å². The van der Waals surface area contributed by atoms with Gasteiger partial charge in [0, 0.05) is 16.9 Å². The van der Waals surface area contributed by atoms with E-state index in [4.69, 9.17) is 5.11 Å². The fourth-order valence-electron chi connectivity index (χ4n) is 1.25. The number of hydrogen-bond acceptors (Lipinski definition) is 4. The highest BCUT2D eigenvalue weighted by molar-refractivity contribution is 9.10. The van der Waals surface area contributed by atoms with Crippen LogP contribution >= 0.6 is 15.9 Å². The fraction of sp³-hybridized carbons (Fsp3) is 0.400. The zero-order valence-corrected chi connectivity index (χ0v) is 12.2. The molecule has 0 amide bonds. The van der Waals surface area contributed by atoms with Crippen molar-refractivity contribution in [1.29, 1.82) is 0 Å². The topological polar surface area (TPSA) is 96.4 Å². The number of carboxylic acids is 1. The van der Waals surface area contributed by atoms with Gasteiger partial charge in [0.25, 0.3) is 0 Å². The lowest BCUT2D eigenvalue weighted by Crippen LogP contribution is -2.44. The molecule has 0 aliphatic heterocycles. The summed E-state index contributed by atoms with van der Waals surface area (Å²) < 4.78 is 26.6. The highest BCUT2D eigenvalue weighted by atomic mass is 79.9. The molecule has 0 aliphatic carbocycles. The zero-order valence-electron chi connectivity index (χ0n) is 9.79. The Bertz CT molecular complexity index is 545. The summed E-state index contributed by atoms with van der Waals surface area (Å²) in [7, 11) is -3.90. The second kappa shape index (κ2) is 5.77. The Labute approximate surface area is 114 Å². The molecule has 1 rings (SSSR count). The minimum Gasteiger partial charge on any atom is -0.480 e. The third kappa shape index (κ3) is 3.76. The molecule has 0 spiro atoms. The van der Waals surface area contributed by atoms with E-state index >= 15 is 0 Å². The molecule has 0 saturated carbocycles. The number of rotatable bonds is 5. The van der Waals surface area contributed by atoms with E-state index in [-0.39, 0.29) is 10.8 Å². The lowest BCUT2D eigenvalue weighted by Gasteiger charge is -2.17. The van der Waals surface area contributed by atoms with E-state index in [1.54, 1.807) is 13.8 Å². The number of nitrogens with one attached hydrogen (secondary N) is 1. The minimum atomic E-state index is -3.90. The predicted molar refractivity (Wildman–Crippen MR) is 68.5 cm³/mol. The molecule has 1 aromatic rings. The molecule has 0 radical (unpaired) electrons. The average molecular weight is 337 g/mol. The van der Waals surface area contributed by atoms with Crippen LogP contribution in [0.2, 0.25) is 0 Å². The van der Waals surface area contributed by atoms with E-state index in [0.29, 0.717) is 4.47 Å². The van der Waals surface area contributed by atoms with Crippen molar-refractivity contribution in [2.45, 2.75) is 24.8 Å². The zero-order chi connectivity index (χ0) is 13.9. The van der Waals surface area contributed by atoms with Gasteiger partial charge in [0.15, 0.2) is 0 Å². The Kier molecular flexibility index (Phi) is 4.83. The molecule has 8 heteroatoms. The normalized spacial score (nSPS) is 13.6. The Morgan fingerprint density at radius 3 is 2.50 bits per heavy atom. The summed E-state index contributed by atoms with van der Waals surface area (Å²) in [5, 5.41) is 8.96. The molecule has 100 valence electrons. The molecule has 6 nitrogen and oxygen atoms in total. The number of aromatic nitrogens is 1. The SMILES string of the molecule is CC(C)[C@@H](NS(=O)(=O)c1cncc(Br)c1)C(=O)O. The molecule has 2 N–H and O–H groups in total. The van der Waals surface area contributed by atoms with Crippen molar-refractivity contribution in [2.75, 3.05) is 0 Å². The van der Waals surface area contributed by atoms with Crippen molar-refractivity contribution in [2.24, 2.45) is 5.92 Å². The Balaban J connectivity index is 3.05. The molecular formula is C10H13BrN2O4S. The second-order valence-corrected chi connectivity index (χ2v) is 6.65. The number of carbonyl (C=O) groups is 1. The number of sulfonamides is 1. The number of carboxylic acid groups (broad SMARTS) is 1. The van der Waals surface area contributed by atoms with Crippen molar-refractivity contribution in [3.8, 4) is 0 Å². The first-order valence-electron chi connectivity index (χ1n) is 5.09. The summed E-state index contributed by atoms with van der Waals surface area (Å²) in [6.07, 6.45) is 2.60. The summed E-state index contributed by atoms with van der Waals surface area (Å²) in [4.78, 5) is 14.6. The first-order chi connectivity index (χ1) is 8.24. The molecule has 0 aromatic carbocycles. The number of hydrogen-bond donors (Lipinski definition) is 2. The molecule has 1 heterocycles. The first kappa shape index (κ1) is 15.1. The largest absolute Gasteiger partial charge is 0.480 e. The highest BCUT2D eigenvalue weighted by Gasteiger charge is 2.28. The summed E-state index contributed by atoms with van der Waals surface area (Å²) in [5.74, 6) is -1.58. The van der Waals surface area contributed by atoms with Gasteiger partial charge in [-0.25, -0.2) is 8.42 Å². The summed E-state index contributed by atoms with van der Waals surface area (Å²) in [5.41, 5.74) is 0. The molecule has 18 heavy (non-hydrogen) atoms. The van der Waals surface area contributed by atoms with Crippen molar-refractivity contribution < 1.29 is 18.3 Å². The Morgan fingerprint density at radius 1 is 1.44 bits per heavy atom. The number of halogens is 1. The fourth-order valence-corrected chi connectivity index (χ4v) is 3.09.